The van der Waals surface area contributed by atoms with Crippen molar-refractivity contribution >= 4 is 44.6 Å². The van der Waals surface area contributed by atoms with Gasteiger partial charge in [-0.05, 0) is 108 Å². The van der Waals surface area contributed by atoms with Gasteiger partial charge in [-0.15, -0.1) is 151 Å². The molecule has 0 amide bonds. The Morgan fingerprint density at radius 3 is 1.10 bits per heavy atom. The number of rotatable bonds is 11. The monoisotopic (exact) mass is 2070 g/mol. The summed E-state index contributed by atoms with van der Waals surface area (Å²) < 4.78 is 7.88. The summed E-state index contributed by atoms with van der Waals surface area (Å²) in [6, 6.07) is 114. The van der Waals surface area contributed by atoms with Crippen LogP contribution in [-0.2, 0) is 63.2 Å². The maximum atomic E-state index is 5.98. The van der Waals surface area contributed by atoms with E-state index in [2.05, 4.69) is 255 Å². The molecule has 580 valence electrons. The molecule has 115 heavy (non-hydrogen) atoms. The molecule has 0 spiro atoms. The van der Waals surface area contributed by atoms with Crippen LogP contribution in [0, 0.1) is 98.7 Å². The van der Waals surface area contributed by atoms with Gasteiger partial charge in [0.2, 0.25) is 0 Å². The van der Waals surface area contributed by atoms with E-state index in [4.69, 9.17) is 4.42 Å². The van der Waals surface area contributed by atoms with Gasteiger partial charge < -0.3 is 35.0 Å². The standard InChI is InChI=1S/2C24H20N2.C22H14N2O.C11H11N2.2C9H6NS.3Pt/c2*1-16-13-22(19-7-5-4-6-8-19)14-17(2)24(16)21-11-9-20(10-12-21)23-15-18(3)25-26-23;1-14-12-20(24-23-14)16-8-6-15(7-9-16)17-10-11-19-18-4-2-3-5-21(18)25-22(19)13-17;1-9-8-10(2)13(12-9)11-6-4-3-5-7-11;2*1-2-4-8(5-3-1)9-10-6-7-11-9;;;/h2*4-9,11-15H,1-3H3;2-8,10-13H,1H3;3-6,8H,1-2H3;2*1-4,6-7H;;;/q3*-2;3*-1;;;. The van der Waals surface area contributed by atoms with Crippen LogP contribution >= 0.6 is 22.7 Å². The van der Waals surface area contributed by atoms with Crippen LogP contribution in [0.1, 0.15) is 50.7 Å². The largest absolute Gasteiger partial charge is 0.619 e. The maximum absolute atomic E-state index is 5.98. The van der Waals surface area contributed by atoms with Crippen molar-refractivity contribution < 1.29 is 67.6 Å². The van der Waals surface area contributed by atoms with E-state index in [1.807, 2.05) is 184 Å². The van der Waals surface area contributed by atoms with Gasteiger partial charge in [0.1, 0.15) is 11.2 Å². The molecule has 0 radical (unpaired) electrons. The van der Waals surface area contributed by atoms with Crippen molar-refractivity contribution in [1.29, 1.82) is 0 Å². The van der Waals surface area contributed by atoms with Crippen LogP contribution in [0.2, 0.25) is 0 Å². The zero-order valence-corrected chi connectivity index (χ0v) is 73.0. The predicted octanol–water partition coefficient (Wildman–Crippen LogP) is 24.4. The van der Waals surface area contributed by atoms with E-state index in [1.54, 1.807) is 35.1 Å². The van der Waals surface area contributed by atoms with E-state index in [1.165, 1.54) is 66.8 Å². The number of benzene rings is 12. The number of fused-ring (bicyclic) bond motifs is 3. The molecule has 7 heterocycles. The zero-order chi connectivity index (χ0) is 77.3. The van der Waals surface area contributed by atoms with Crippen molar-refractivity contribution in [3.8, 4) is 116 Å². The van der Waals surface area contributed by atoms with Crippen molar-refractivity contribution in [2.75, 3.05) is 0 Å². The summed E-state index contributed by atoms with van der Waals surface area (Å²) in [6.45, 7) is 18.6. The predicted molar refractivity (Wildman–Crippen MR) is 458 cm³/mol. The van der Waals surface area contributed by atoms with E-state index < -0.39 is 0 Å². The number of para-hydroxylation sites is 2. The quantitative estimate of drug-likeness (QED) is 0.115. The van der Waals surface area contributed by atoms with Crippen molar-refractivity contribution in [2.45, 2.75) is 62.3 Å². The van der Waals surface area contributed by atoms with Gasteiger partial charge in [0.15, 0.2) is 0 Å². The number of hydrogen-bond acceptors (Lipinski definition) is 9. The van der Waals surface area contributed by atoms with Crippen LogP contribution in [0.5, 0.6) is 0 Å². The third-order valence-corrected chi connectivity index (χ3v) is 20.1. The normalized spacial score (nSPS) is 10.4. The molecule has 0 saturated carbocycles. The van der Waals surface area contributed by atoms with Gasteiger partial charge in [0.05, 0.1) is 5.69 Å². The molecule has 16 heteroatoms. The molecule has 0 aliphatic rings. The molecule has 0 aliphatic carbocycles. The minimum absolute atomic E-state index is 0. The Kier molecular flexibility index (Phi) is 29.8. The van der Waals surface area contributed by atoms with E-state index in [-0.39, 0.29) is 63.2 Å². The summed E-state index contributed by atoms with van der Waals surface area (Å²) in [7, 11) is 0. The molecule has 0 N–H and O–H groups in total. The third-order valence-electron chi connectivity index (χ3n) is 18.5. The van der Waals surface area contributed by atoms with Crippen LogP contribution < -0.4 is 15.3 Å². The first-order valence-electron chi connectivity index (χ1n) is 36.7. The fraction of sp³-hybridized carbons (Fsp3) is 0.0909. The molecule has 12 aromatic carbocycles. The Morgan fingerprint density at radius 1 is 0.322 bits per heavy atom. The summed E-state index contributed by atoms with van der Waals surface area (Å²) >= 11 is 3.27. The number of hydrogen-bond donors (Lipinski definition) is 0. The molecule has 19 rings (SSSR count). The van der Waals surface area contributed by atoms with Crippen LogP contribution in [0.4, 0.5) is 0 Å². The average molecular weight is 2070 g/mol. The van der Waals surface area contributed by atoms with Gasteiger partial charge in [-0.3, -0.25) is 14.6 Å². The van der Waals surface area contributed by atoms with Crippen LogP contribution in [0.15, 0.2) is 307 Å². The second-order valence-electron chi connectivity index (χ2n) is 26.9. The number of furan rings is 1. The fourth-order valence-corrected chi connectivity index (χ4v) is 14.5. The molecule has 0 unspecified atom stereocenters. The summed E-state index contributed by atoms with van der Waals surface area (Å²) in [4.78, 5) is 8.35. The van der Waals surface area contributed by atoms with Crippen molar-refractivity contribution in [3.63, 3.8) is 0 Å². The molecule has 0 saturated heterocycles. The third kappa shape index (κ3) is 21.5. The Bertz CT molecular complexity index is 5910. The fourth-order valence-electron chi connectivity index (χ4n) is 13.3. The number of thiazole rings is 2. The van der Waals surface area contributed by atoms with Gasteiger partial charge in [0.25, 0.3) is 0 Å². The van der Waals surface area contributed by atoms with E-state index in [9.17, 15) is 0 Å². The molecule has 7 aromatic heterocycles. The van der Waals surface area contributed by atoms with Gasteiger partial charge in [-0.2, -0.15) is 68.7 Å². The molecule has 19 aromatic rings. The second kappa shape index (κ2) is 40.6. The van der Waals surface area contributed by atoms with E-state index in [0.717, 1.165) is 122 Å². The summed E-state index contributed by atoms with van der Waals surface area (Å²) in [5, 5.41) is 37.4. The van der Waals surface area contributed by atoms with Gasteiger partial charge in [0, 0.05) is 130 Å². The maximum Gasteiger partial charge on any atom is 0.135 e. The Labute approximate surface area is 723 Å². The number of aromatic nitrogens is 10. The number of aryl methyl sites for hydroxylation is 9. The van der Waals surface area contributed by atoms with E-state index >= 15 is 0 Å². The van der Waals surface area contributed by atoms with Gasteiger partial charge in [-0.25, -0.2) is 17.1 Å². The molecule has 0 aliphatic heterocycles. The molecule has 0 fully saturated rings. The van der Waals surface area contributed by atoms with Gasteiger partial charge >= 0.3 is 0 Å². The van der Waals surface area contributed by atoms with Crippen molar-refractivity contribution in [3.05, 3.63) is 389 Å². The molecular weight excluding hydrogens is 1990 g/mol. The topological polar surface area (TPSA) is 138 Å². The zero-order valence-electron chi connectivity index (χ0n) is 64.5. The SMILES string of the molecule is Cc1cc(-c2[c-]cc(-c3c(C)cc(-c4ccccc4)cc3C)cc2)[n-]n1.Cc1cc(-c2[c-]cc(-c3c(C)cc(-c4ccccc4)cc3C)cc2)[n-]n1.Cc1cc(-c2[c-]cc(-c3ccc4c(c3)oc3ccccc34)cc2)[n-]n1.Cc1cc(C)n(-c2[c-]cccc2)n1.[Pt].[Pt].[Pt].[c-]1ccccc1-c1nccs1.[c-]1ccccc1-c1nccs1. The Morgan fingerprint density at radius 2 is 0.730 bits per heavy atom. The first kappa shape index (κ1) is 84.5. The molecule has 11 nitrogen and oxygen atoms in total. The van der Waals surface area contributed by atoms with Crippen LogP contribution in [0.3, 0.4) is 0 Å². The Hall–Kier alpha value is -11.4. The number of nitrogens with zero attached hydrogens (tertiary/aromatic N) is 10. The Balaban J connectivity index is 0.000000140. The average Bonchev–Trinajstić information content (AvgIpc) is 1.69. The van der Waals surface area contributed by atoms with Crippen molar-refractivity contribution in [2.24, 2.45) is 0 Å². The van der Waals surface area contributed by atoms with Crippen molar-refractivity contribution in [1.82, 2.24) is 50.3 Å². The first-order chi connectivity index (χ1) is 54.7. The summed E-state index contributed by atoms with van der Waals surface area (Å²) in [5.41, 5.74) is 32.7. The molecule has 0 atom stereocenters. The molecule has 0 bridgehead atoms. The second-order valence-corrected chi connectivity index (χ2v) is 28.7. The van der Waals surface area contributed by atoms with Crippen LogP contribution in [0.25, 0.3) is 138 Å². The minimum Gasteiger partial charge on any atom is -0.619 e. The molecular formula is C99H77N10OPt3S2-9. The smallest absolute Gasteiger partial charge is 0.135 e. The summed E-state index contributed by atoms with van der Waals surface area (Å²) in [6.07, 6.45) is 3.61. The first-order valence-corrected chi connectivity index (χ1v) is 38.4. The van der Waals surface area contributed by atoms with Crippen LogP contribution in [-0.4, -0.2) is 35.0 Å². The van der Waals surface area contributed by atoms with Gasteiger partial charge in [-0.1, -0.05) is 189 Å². The van der Waals surface area contributed by atoms with E-state index in [0.29, 0.717) is 0 Å². The summed E-state index contributed by atoms with van der Waals surface area (Å²) in [5.74, 6) is 0. The minimum atomic E-state index is 0.